The number of nitrogens with two attached hydrogens (primary N) is 1. The van der Waals surface area contributed by atoms with Gasteiger partial charge in [-0.1, -0.05) is 0 Å². The van der Waals surface area contributed by atoms with Crippen molar-refractivity contribution in [2.45, 2.75) is 5.54 Å². The lowest BCUT2D eigenvalue weighted by Gasteiger charge is -2.34. The van der Waals surface area contributed by atoms with Gasteiger partial charge in [0.05, 0.1) is 6.20 Å². The van der Waals surface area contributed by atoms with E-state index >= 15 is 0 Å². The van der Waals surface area contributed by atoms with Crippen molar-refractivity contribution in [2.75, 3.05) is 25.6 Å². The quantitative estimate of drug-likeness (QED) is 0.723. The van der Waals surface area contributed by atoms with E-state index < -0.39 is 11.4 Å². The zero-order chi connectivity index (χ0) is 20.2. The van der Waals surface area contributed by atoms with E-state index in [0.717, 1.165) is 16.9 Å². The van der Waals surface area contributed by atoms with Gasteiger partial charge in [-0.2, -0.15) is 0 Å². The summed E-state index contributed by atoms with van der Waals surface area (Å²) < 4.78 is 26.0. The van der Waals surface area contributed by atoms with E-state index in [9.17, 15) is 4.39 Å². The Balaban J connectivity index is 1.74. The highest BCUT2D eigenvalue weighted by Crippen LogP contribution is 2.51. The second kappa shape index (κ2) is 6.16. The number of pyridine rings is 2. The largest absolute Gasteiger partial charge is 0.462 e. The first-order valence-electron chi connectivity index (χ1n) is 9.07. The molecule has 0 aliphatic carbocycles. The van der Waals surface area contributed by atoms with Crippen molar-refractivity contribution < 1.29 is 13.9 Å². The number of nitrogens with zero attached hydrogens (tertiary/aromatic N) is 4. The first-order valence-corrected chi connectivity index (χ1v) is 9.07. The molecule has 0 amide bonds. The molecule has 4 heterocycles. The maximum Gasteiger partial charge on any atom is 0.283 e. The molecule has 1 unspecified atom stereocenters. The number of fused-ring (bicyclic) bond motifs is 4. The third kappa shape index (κ3) is 2.60. The lowest BCUT2D eigenvalue weighted by atomic mass is 9.81. The van der Waals surface area contributed by atoms with E-state index in [1.807, 2.05) is 31.1 Å². The fourth-order valence-corrected chi connectivity index (χ4v) is 3.74. The first-order chi connectivity index (χ1) is 14.0. The number of hydrogen-bond donors (Lipinski definition) is 1. The molecular weight excluding hydrogens is 373 g/mol. The van der Waals surface area contributed by atoms with E-state index in [1.165, 1.54) is 6.07 Å². The van der Waals surface area contributed by atoms with Gasteiger partial charge in [-0.3, -0.25) is 4.98 Å². The number of halogens is 1. The molecule has 2 N–H and O–H groups in total. The molecule has 0 saturated carbocycles. The van der Waals surface area contributed by atoms with Crippen molar-refractivity contribution in [3.05, 3.63) is 65.7 Å². The van der Waals surface area contributed by atoms with Gasteiger partial charge in [0.15, 0.2) is 11.3 Å². The van der Waals surface area contributed by atoms with Gasteiger partial charge in [0.2, 0.25) is 0 Å². The summed E-state index contributed by atoms with van der Waals surface area (Å²) in [5.74, 6) is 1.53. The van der Waals surface area contributed by atoms with Crippen LogP contribution in [0.15, 0.2) is 53.8 Å². The van der Waals surface area contributed by atoms with Crippen LogP contribution in [-0.2, 0) is 10.3 Å². The fourth-order valence-electron chi connectivity index (χ4n) is 3.74. The van der Waals surface area contributed by atoms with Crippen LogP contribution in [-0.4, -0.2) is 36.7 Å². The van der Waals surface area contributed by atoms with Crippen molar-refractivity contribution in [2.24, 2.45) is 10.7 Å². The molecule has 146 valence electrons. The smallest absolute Gasteiger partial charge is 0.283 e. The highest BCUT2D eigenvalue weighted by molar-refractivity contribution is 5.78. The number of benzene rings is 1. The van der Waals surface area contributed by atoms with Crippen LogP contribution in [0.4, 0.5) is 10.2 Å². The molecule has 0 fully saturated rings. The molecule has 0 radical (unpaired) electrons. The molecule has 0 saturated heterocycles. The van der Waals surface area contributed by atoms with Crippen molar-refractivity contribution >= 4 is 11.8 Å². The van der Waals surface area contributed by atoms with Gasteiger partial charge < -0.3 is 20.1 Å². The Morgan fingerprint density at radius 2 is 1.93 bits per heavy atom. The normalized spacial score (nSPS) is 19.1. The minimum absolute atomic E-state index is 0.0986. The minimum Gasteiger partial charge on any atom is -0.462 e. The maximum atomic E-state index is 14.3. The Kier molecular flexibility index (Phi) is 3.70. The predicted molar refractivity (Wildman–Crippen MR) is 107 cm³/mol. The summed E-state index contributed by atoms with van der Waals surface area (Å²) in [6.45, 7) is 0.216. The average molecular weight is 391 g/mol. The first kappa shape index (κ1) is 17.4. The number of amidine groups is 1. The van der Waals surface area contributed by atoms with Gasteiger partial charge >= 0.3 is 0 Å². The van der Waals surface area contributed by atoms with Gasteiger partial charge in [0, 0.05) is 37.0 Å². The Morgan fingerprint density at radius 3 is 2.66 bits per heavy atom. The maximum absolute atomic E-state index is 14.3. The standard InChI is InChI=1S/C21H18FN5O2/c1-27(2)18-9-14-17(10-25-18)29-16-6-5-12(19-15(22)4-3-7-24-19)8-13(16)21(14)11-28-20(23)26-21/h3-10H,11H2,1-2H3,(H2,23,26). The number of ether oxygens (including phenoxy) is 2. The second-order valence-electron chi connectivity index (χ2n) is 7.18. The van der Waals surface area contributed by atoms with Crippen LogP contribution in [0, 0.1) is 5.82 Å². The Bertz CT molecular complexity index is 1160. The summed E-state index contributed by atoms with van der Waals surface area (Å²) in [6.07, 6.45) is 3.23. The van der Waals surface area contributed by atoms with Crippen LogP contribution >= 0.6 is 0 Å². The molecule has 1 aromatic carbocycles. The monoisotopic (exact) mass is 391 g/mol. The van der Waals surface area contributed by atoms with E-state index in [0.29, 0.717) is 17.1 Å². The lowest BCUT2D eigenvalue weighted by molar-refractivity contribution is 0.264. The van der Waals surface area contributed by atoms with Crippen molar-refractivity contribution in [3.63, 3.8) is 0 Å². The number of rotatable bonds is 2. The van der Waals surface area contributed by atoms with Crippen LogP contribution in [0.25, 0.3) is 11.3 Å². The molecule has 2 aliphatic heterocycles. The third-order valence-electron chi connectivity index (χ3n) is 5.16. The average Bonchev–Trinajstić information content (AvgIpc) is 3.10. The topological polar surface area (TPSA) is 85.9 Å². The predicted octanol–water partition coefficient (Wildman–Crippen LogP) is 3.04. The zero-order valence-electron chi connectivity index (χ0n) is 15.9. The van der Waals surface area contributed by atoms with Crippen molar-refractivity contribution in [3.8, 4) is 22.8 Å². The van der Waals surface area contributed by atoms with Gasteiger partial charge in [0.1, 0.15) is 29.7 Å². The summed E-state index contributed by atoms with van der Waals surface area (Å²) in [5.41, 5.74) is 7.43. The number of anilines is 1. The van der Waals surface area contributed by atoms with Crippen LogP contribution in [0.1, 0.15) is 11.1 Å². The van der Waals surface area contributed by atoms with Gasteiger partial charge in [-0.25, -0.2) is 14.4 Å². The number of aromatic nitrogens is 2. The highest BCUT2D eigenvalue weighted by Gasteiger charge is 2.47. The molecule has 5 rings (SSSR count). The van der Waals surface area contributed by atoms with E-state index in [-0.39, 0.29) is 18.3 Å². The van der Waals surface area contributed by atoms with Crippen LogP contribution in [0.3, 0.4) is 0 Å². The summed E-state index contributed by atoms with van der Waals surface area (Å²) in [4.78, 5) is 15.2. The molecule has 3 aromatic rings. The third-order valence-corrected chi connectivity index (χ3v) is 5.16. The molecule has 2 aliphatic rings. The summed E-state index contributed by atoms with van der Waals surface area (Å²) in [5, 5.41) is 0. The molecule has 7 nitrogen and oxygen atoms in total. The molecule has 1 atom stereocenters. The van der Waals surface area contributed by atoms with E-state index in [2.05, 4.69) is 15.0 Å². The molecule has 0 bridgehead atoms. The Morgan fingerprint density at radius 1 is 1.10 bits per heavy atom. The SMILES string of the molecule is CN(C)c1cc2c(cn1)Oc1ccc(-c3ncccc3F)cc1C21COC(N)=N1. The van der Waals surface area contributed by atoms with Gasteiger partial charge in [0.25, 0.3) is 6.02 Å². The fraction of sp³-hybridized carbons (Fsp3) is 0.190. The van der Waals surface area contributed by atoms with Gasteiger partial charge in [-0.05, 0) is 36.4 Å². The van der Waals surface area contributed by atoms with E-state index in [4.69, 9.17) is 15.2 Å². The summed E-state index contributed by atoms with van der Waals surface area (Å²) >= 11 is 0. The Labute approximate surface area is 166 Å². The van der Waals surface area contributed by atoms with Crippen LogP contribution < -0.4 is 15.4 Å². The van der Waals surface area contributed by atoms with Gasteiger partial charge in [-0.15, -0.1) is 0 Å². The Hall–Kier alpha value is -3.68. The number of hydrogen-bond acceptors (Lipinski definition) is 7. The molecule has 1 spiro atoms. The van der Waals surface area contributed by atoms with Crippen LogP contribution in [0.5, 0.6) is 11.5 Å². The summed E-state index contributed by atoms with van der Waals surface area (Å²) in [6, 6.07) is 10.3. The molecular formula is C21H18FN5O2. The molecule has 8 heteroatoms. The van der Waals surface area contributed by atoms with E-state index in [1.54, 1.807) is 30.6 Å². The van der Waals surface area contributed by atoms with Crippen molar-refractivity contribution in [1.82, 2.24) is 9.97 Å². The highest BCUT2D eigenvalue weighted by atomic mass is 19.1. The zero-order valence-corrected chi connectivity index (χ0v) is 15.9. The molecule has 2 aromatic heterocycles. The molecule has 29 heavy (non-hydrogen) atoms. The summed E-state index contributed by atoms with van der Waals surface area (Å²) in [7, 11) is 3.81. The van der Waals surface area contributed by atoms with Crippen LogP contribution in [0.2, 0.25) is 0 Å². The van der Waals surface area contributed by atoms with Crippen molar-refractivity contribution in [1.29, 1.82) is 0 Å². The second-order valence-corrected chi connectivity index (χ2v) is 7.18. The minimum atomic E-state index is -0.901. The lowest BCUT2D eigenvalue weighted by Crippen LogP contribution is -2.31. The number of aliphatic imine (C=N–C) groups is 1.